The van der Waals surface area contributed by atoms with Crippen molar-refractivity contribution >= 4 is 17.5 Å². The molecule has 3 saturated heterocycles. The lowest BCUT2D eigenvalue weighted by Crippen LogP contribution is -2.53. The number of rotatable bonds is 3. The number of amides is 2. The molecule has 3 fully saturated rings. The Bertz CT molecular complexity index is 1060. The highest BCUT2D eigenvalue weighted by Crippen LogP contribution is 2.49. The third kappa shape index (κ3) is 4.29. The minimum absolute atomic E-state index is 0.0565. The Morgan fingerprint density at radius 3 is 2.47 bits per heavy atom. The van der Waals surface area contributed by atoms with E-state index in [2.05, 4.69) is 16.3 Å². The fraction of sp³-hybridized carbons (Fsp3) is 0.481. The maximum atomic E-state index is 13.5. The molecule has 2 amide bonds. The van der Waals surface area contributed by atoms with Crippen molar-refractivity contribution in [3.63, 3.8) is 0 Å². The van der Waals surface area contributed by atoms with Gasteiger partial charge >= 0.3 is 0 Å². The summed E-state index contributed by atoms with van der Waals surface area (Å²) < 4.78 is 19.0. The number of ether oxygens (including phenoxy) is 1. The first-order valence-electron chi connectivity index (χ1n) is 12.2. The quantitative estimate of drug-likeness (QED) is 0.754. The molecular weight excluding hydrogens is 433 g/mol. The van der Waals surface area contributed by atoms with Crippen LogP contribution in [0.4, 0.5) is 10.1 Å². The first-order valence-corrected chi connectivity index (χ1v) is 12.2. The minimum atomic E-state index is -0.257. The summed E-state index contributed by atoms with van der Waals surface area (Å²) in [5.74, 6) is -0.0181. The van der Waals surface area contributed by atoms with Crippen LogP contribution in [0.5, 0.6) is 0 Å². The van der Waals surface area contributed by atoms with E-state index in [0.717, 1.165) is 48.3 Å². The van der Waals surface area contributed by atoms with Gasteiger partial charge in [-0.1, -0.05) is 18.2 Å². The Balaban J connectivity index is 1.33. The number of halogens is 1. The monoisotopic (exact) mass is 465 g/mol. The van der Waals surface area contributed by atoms with Crippen LogP contribution < -0.4 is 10.2 Å². The molecule has 7 heteroatoms. The van der Waals surface area contributed by atoms with E-state index in [1.54, 1.807) is 0 Å². The van der Waals surface area contributed by atoms with Gasteiger partial charge in [-0.05, 0) is 60.6 Å². The van der Waals surface area contributed by atoms with Crippen molar-refractivity contribution in [2.75, 3.05) is 50.8 Å². The lowest BCUT2D eigenvalue weighted by Gasteiger charge is -2.49. The Kier molecular flexibility index (Phi) is 6.30. The van der Waals surface area contributed by atoms with Gasteiger partial charge in [-0.15, -0.1) is 0 Å². The molecule has 5 rings (SSSR count). The number of morpholine rings is 1. The van der Waals surface area contributed by atoms with E-state index in [1.165, 1.54) is 12.1 Å². The fourth-order valence-corrected chi connectivity index (χ4v) is 5.96. The molecule has 180 valence electrons. The maximum absolute atomic E-state index is 13.5. The van der Waals surface area contributed by atoms with Crippen LogP contribution in [0.3, 0.4) is 0 Å². The van der Waals surface area contributed by atoms with Gasteiger partial charge in [0, 0.05) is 56.3 Å². The van der Waals surface area contributed by atoms with E-state index in [1.807, 2.05) is 36.1 Å². The molecule has 34 heavy (non-hydrogen) atoms. The van der Waals surface area contributed by atoms with E-state index < -0.39 is 0 Å². The van der Waals surface area contributed by atoms with Crippen molar-refractivity contribution in [3.8, 4) is 0 Å². The smallest absolute Gasteiger partial charge is 0.254 e. The van der Waals surface area contributed by atoms with Gasteiger partial charge in [-0.2, -0.15) is 0 Å². The molecule has 0 unspecified atom stereocenters. The summed E-state index contributed by atoms with van der Waals surface area (Å²) in [5, 5.41) is 2.99. The molecule has 3 aliphatic heterocycles. The number of hydrogen-bond donors (Lipinski definition) is 1. The van der Waals surface area contributed by atoms with E-state index in [0.29, 0.717) is 39.3 Å². The molecule has 1 spiro atoms. The summed E-state index contributed by atoms with van der Waals surface area (Å²) >= 11 is 0. The van der Waals surface area contributed by atoms with Crippen LogP contribution in [-0.2, 0) is 9.53 Å². The van der Waals surface area contributed by atoms with Crippen LogP contribution in [-0.4, -0.2) is 62.7 Å². The van der Waals surface area contributed by atoms with E-state index in [-0.39, 0.29) is 29.0 Å². The lowest BCUT2D eigenvalue weighted by molar-refractivity contribution is -0.127. The van der Waals surface area contributed by atoms with Crippen molar-refractivity contribution < 1.29 is 18.7 Å². The van der Waals surface area contributed by atoms with E-state index >= 15 is 0 Å². The molecule has 0 bridgehead atoms. The molecule has 0 radical (unpaired) electrons. The topological polar surface area (TPSA) is 61.9 Å². The molecule has 3 aliphatic rings. The SMILES string of the molecule is Cc1c(C(=O)N2CCC3(CC2)CC(=O)NC[C@H]3c2ccc(F)cc2)cccc1N1CCOCC1. The highest BCUT2D eigenvalue weighted by atomic mass is 19.1. The molecule has 2 aromatic carbocycles. The minimum Gasteiger partial charge on any atom is -0.378 e. The van der Waals surface area contributed by atoms with Gasteiger partial charge in [0.25, 0.3) is 5.91 Å². The van der Waals surface area contributed by atoms with Gasteiger partial charge in [0.2, 0.25) is 5.91 Å². The van der Waals surface area contributed by atoms with Crippen molar-refractivity contribution in [2.24, 2.45) is 5.41 Å². The molecule has 1 N–H and O–H groups in total. The number of likely N-dealkylation sites (tertiary alicyclic amines) is 1. The zero-order valence-electron chi connectivity index (χ0n) is 19.7. The van der Waals surface area contributed by atoms with Crippen LogP contribution in [0.25, 0.3) is 0 Å². The number of nitrogens with one attached hydrogen (secondary N) is 1. The van der Waals surface area contributed by atoms with Crippen LogP contribution in [0.15, 0.2) is 42.5 Å². The van der Waals surface area contributed by atoms with Crippen LogP contribution in [0, 0.1) is 18.2 Å². The molecule has 6 nitrogen and oxygen atoms in total. The Hall–Kier alpha value is -2.93. The number of piperidine rings is 2. The highest BCUT2D eigenvalue weighted by molar-refractivity contribution is 5.97. The van der Waals surface area contributed by atoms with Crippen LogP contribution in [0.2, 0.25) is 0 Å². The predicted octanol–water partition coefficient (Wildman–Crippen LogP) is 3.50. The lowest BCUT2D eigenvalue weighted by atomic mass is 9.62. The highest BCUT2D eigenvalue weighted by Gasteiger charge is 2.47. The zero-order chi connectivity index (χ0) is 23.7. The zero-order valence-corrected chi connectivity index (χ0v) is 19.7. The number of nitrogens with zero attached hydrogens (tertiary/aromatic N) is 2. The summed E-state index contributed by atoms with van der Waals surface area (Å²) in [6.07, 6.45) is 1.97. The number of benzene rings is 2. The predicted molar refractivity (Wildman–Crippen MR) is 129 cm³/mol. The molecule has 0 saturated carbocycles. The van der Waals surface area contributed by atoms with Crippen molar-refractivity contribution in [3.05, 3.63) is 65.0 Å². The molecule has 0 aromatic heterocycles. The normalized spacial score (nSPS) is 22.5. The van der Waals surface area contributed by atoms with Crippen molar-refractivity contribution in [1.29, 1.82) is 0 Å². The number of carbonyl (C=O) groups is 2. The number of anilines is 1. The summed E-state index contributed by atoms with van der Waals surface area (Å²) in [6, 6.07) is 12.6. The van der Waals surface area contributed by atoms with Gasteiger partial charge in [0.1, 0.15) is 5.82 Å². The van der Waals surface area contributed by atoms with E-state index in [4.69, 9.17) is 4.74 Å². The summed E-state index contributed by atoms with van der Waals surface area (Å²) in [7, 11) is 0. The van der Waals surface area contributed by atoms with Gasteiger partial charge in [0.15, 0.2) is 0 Å². The first kappa shape index (κ1) is 22.8. The Labute approximate surface area is 200 Å². The van der Waals surface area contributed by atoms with Gasteiger partial charge in [-0.25, -0.2) is 4.39 Å². The fourth-order valence-electron chi connectivity index (χ4n) is 5.96. The molecular formula is C27H32FN3O3. The van der Waals surface area contributed by atoms with Gasteiger partial charge in [-0.3, -0.25) is 9.59 Å². The first-order chi connectivity index (χ1) is 16.5. The number of hydrogen-bond acceptors (Lipinski definition) is 4. The third-order valence-corrected chi connectivity index (χ3v) is 7.96. The largest absolute Gasteiger partial charge is 0.378 e. The van der Waals surface area contributed by atoms with Gasteiger partial charge in [0.05, 0.1) is 13.2 Å². The summed E-state index contributed by atoms with van der Waals surface area (Å²) in [6.45, 7) is 6.88. The Morgan fingerprint density at radius 1 is 1.06 bits per heavy atom. The molecule has 0 aliphatic carbocycles. The summed E-state index contributed by atoms with van der Waals surface area (Å²) in [5.41, 5.74) is 3.70. The van der Waals surface area contributed by atoms with Crippen LogP contribution in [0.1, 0.15) is 46.7 Å². The van der Waals surface area contributed by atoms with Crippen molar-refractivity contribution in [1.82, 2.24) is 10.2 Å². The summed E-state index contributed by atoms with van der Waals surface area (Å²) in [4.78, 5) is 30.1. The van der Waals surface area contributed by atoms with Crippen molar-refractivity contribution in [2.45, 2.75) is 32.1 Å². The van der Waals surface area contributed by atoms with E-state index in [9.17, 15) is 14.0 Å². The number of carbonyl (C=O) groups excluding carboxylic acids is 2. The average Bonchev–Trinajstić information content (AvgIpc) is 2.86. The molecule has 2 aromatic rings. The maximum Gasteiger partial charge on any atom is 0.254 e. The second kappa shape index (κ2) is 9.37. The van der Waals surface area contributed by atoms with Gasteiger partial charge < -0.3 is 19.9 Å². The standard InChI is InChI=1S/C27H32FN3O3/c1-19-22(3-2-4-24(19)30-13-15-34-16-14-30)26(33)31-11-9-27(10-12-31)17-25(32)29-18-23(27)20-5-7-21(28)8-6-20/h2-8,23H,9-18H2,1H3,(H,29,32)/t23-/m0/s1. The second-order valence-corrected chi connectivity index (χ2v) is 9.79. The van der Waals surface area contributed by atoms with Crippen LogP contribution >= 0.6 is 0 Å². The second-order valence-electron chi connectivity index (χ2n) is 9.79. The Morgan fingerprint density at radius 2 is 1.76 bits per heavy atom. The third-order valence-electron chi connectivity index (χ3n) is 7.96. The molecule has 1 atom stereocenters. The average molecular weight is 466 g/mol. The molecule has 3 heterocycles.